The highest BCUT2D eigenvalue weighted by Gasteiger charge is 2.38. The Morgan fingerprint density at radius 2 is 1.70 bits per heavy atom. The Morgan fingerprint density at radius 3 is 2.25 bits per heavy atom. The number of halogens is 3. The molecule has 0 bridgehead atoms. The highest BCUT2D eigenvalue weighted by atomic mass is 19.4. The van der Waals surface area contributed by atoms with Crippen molar-refractivity contribution in [3.05, 3.63) is 35.4 Å². The van der Waals surface area contributed by atoms with Crippen LogP contribution in [0.3, 0.4) is 0 Å². The van der Waals surface area contributed by atoms with E-state index in [1.165, 1.54) is 12.1 Å². The molecule has 110 valence electrons. The number of carbonyl (C=O) groups is 1. The van der Waals surface area contributed by atoms with Gasteiger partial charge in [0.1, 0.15) is 5.60 Å². The first-order chi connectivity index (χ1) is 9.33. The summed E-state index contributed by atoms with van der Waals surface area (Å²) in [5, 5.41) is 10.4. The summed E-state index contributed by atoms with van der Waals surface area (Å²) in [7, 11) is 0. The number of alkyl halides is 3. The molecule has 0 saturated heterocycles. The first-order valence-electron chi connectivity index (χ1n) is 6.77. The molecule has 0 aliphatic heterocycles. The zero-order valence-corrected chi connectivity index (χ0v) is 11.0. The summed E-state index contributed by atoms with van der Waals surface area (Å²) in [4.78, 5) is 12.3. The van der Waals surface area contributed by atoms with Gasteiger partial charge in [-0.3, -0.25) is 4.79 Å². The number of ketones is 1. The van der Waals surface area contributed by atoms with Crippen LogP contribution in [0, 0.1) is 0 Å². The van der Waals surface area contributed by atoms with E-state index in [1.807, 2.05) is 0 Å². The number of hydrogen-bond donors (Lipinski definition) is 1. The van der Waals surface area contributed by atoms with Gasteiger partial charge in [0.2, 0.25) is 0 Å². The third kappa shape index (κ3) is 3.20. The first-order valence-corrected chi connectivity index (χ1v) is 6.77. The largest absolute Gasteiger partial charge is 0.416 e. The fourth-order valence-corrected chi connectivity index (χ4v) is 2.65. The van der Waals surface area contributed by atoms with Gasteiger partial charge in [-0.25, -0.2) is 0 Å². The van der Waals surface area contributed by atoms with Gasteiger partial charge in [0.05, 0.1) is 5.56 Å². The standard InChI is InChI=1S/C15H17F3O2/c16-15(17,18)12-7-5-6-11(10-12)13(19)14(20)8-3-1-2-4-9-14/h5-7,10,20H,1-4,8-9H2. The molecule has 1 aromatic rings. The number of carbonyl (C=O) groups excluding carboxylic acids is 1. The Morgan fingerprint density at radius 1 is 1.10 bits per heavy atom. The SMILES string of the molecule is O=C(c1cccc(C(F)(F)F)c1)C1(O)CCCCCC1. The Hall–Kier alpha value is -1.36. The second-order valence-corrected chi connectivity index (χ2v) is 5.35. The highest BCUT2D eigenvalue weighted by molar-refractivity contribution is 6.02. The van der Waals surface area contributed by atoms with Crippen molar-refractivity contribution < 1.29 is 23.1 Å². The smallest absolute Gasteiger partial charge is 0.382 e. The van der Waals surface area contributed by atoms with Crippen LogP contribution in [0.2, 0.25) is 0 Å². The van der Waals surface area contributed by atoms with Crippen molar-refractivity contribution in [3.63, 3.8) is 0 Å². The second-order valence-electron chi connectivity index (χ2n) is 5.35. The summed E-state index contributed by atoms with van der Waals surface area (Å²) in [6, 6.07) is 4.29. The number of hydrogen-bond acceptors (Lipinski definition) is 2. The molecule has 1 saturated carbocycles. The van der Waals surface area contributed by atoms with E-state index in [4.69, 9.17) is 0 Å². The number of benzene rings is 1. The lowest BCUT2D eigenvalue weighted by Crippen LogP contribution is -2.38. The molecular formula is C15H17F3O2. The van der Waals surface area contributed by atoms with Crippen molar-refractivity contribution in [2.75, 3.05) is 0 Å². The molecule has 0 radical (unpaired) electrons. The van der Waals surface area contributed by atoms with Gasteiger partial charge >= 0.3 is 6.18 Å². The molecule has 0 atom stereocenters. The summed E-state index contributed by atoms with van der Waals surface area (Å²) in [6.07, 6.45) is -0.509. The van der Waals surface area contributed by atoms with Crippen LogP contribution >= 0.6 is 0 Å². The van der Waals surface area contributed by atoms with Gasteiger partial charge in [0, 0.05) is 5.56 Å². The van der Waals surface area contributed by atoms with Crippen LogP contribution in [-0.2, 0) is 6.18 Å². The third-order valence-corrected chi connectivity index (χ3v) is 3.81. The summed E-state index contributed by atoms with van der Waals surface area (Å²) in [5.74, 6) is -0.592. The Kier molecular flexibility index (Phi) is 4.18. The van der Waals surface area contributed by atoms with E-state index >= 15 is 0 Å². The average Bonchev–Trinajstić information content (AvgIpc) is 2.63. The summed E-state index contributed by atoms with van der Waals surface area (Å²) < 4.78 is 38.0. The minimum absolute atomic E-state index is 0.0655. The second kappa shape index (κ2) is 5.56. The van der Waals surface area contributed by atoms with Gasteiger partial charge in [-0.05, 0) is 25.0 Å². The predicted octanol–water partition coefficient (Wildman–Crippen LogP) is 3.97. The van der Waals surface area contributed by atoms with Crippen molar-refractivity contribution in [1.82, 2.24) is 0 Å². The lowest BCUT2D eigenvalue weighted by molar-refractivity contribution is -0.137. The Balaban J connectivity index is 2.28. The van der Waals surface area contributed by atoms with E-state index in [-0.39, 0.29) is 5.56 Å². The fourth-order valence-electron chi connectivity index (χ4n) is 2.65. The summed E-state index contributed by atoms with van der Waals surface area (Å²) in [5.41, 5.74) is -2.44. The van der Waals surface area contributed by atoms with Gasteiger partial charge < -0.3 is 5.11 Å². The van der Waals surface area contributed by atoms with Crippen LogP contribution in [0.15, 0.2) is 24.3 Å². The summed E-state index contributed by atoms with van der Waals surface area (Å²) >= 11 is 0. The molecular weight excluding hydrogens is 269 g/mol. The molecule has 20 heavy (non-hydrogen) atoms. The van der Waals surface area contributed by atoms with Gasteiger partial charge in [0.15, 0.2) is 5.78 Å². The van der Waals surface area contributed by atoms with Gasteiger partial charge in [0.25, 0.3) is 0 Å². The highest BCUT2D eigenvalue weighted by Crippen LogP contribution is 2.33. The quantitative estimate of drug-likeness (QED) is 0.659. The van der Waals surface area contributed by atoms with Crippen molar-refractivity contribution in [2.45, 2.75) is 50.3 Å². The molecule has 1 aliphatic rings. The van der Waals surface area contributed by atoms with Crippen molar-refractivity contribution >= 4 is 5.78 Å². The van der Waals surface area contributed by atoms with Gasteiger partial charge in [-0.15, -0.1) is 0 Å². The van der Waals surface area contributed by atoms with E-state index in [1.54, 1.807) is 0 Å². The van der Waals surface area contributed by atoms with Crippen molar-refractivity contribution in [2.24, 2.45) is 0 Å². The zero-order chi connectivity index (χ0) is 14.8. The molecule has 2 rings (SSSR count). The zero-order valence-electron chi connectivity index (χ0n) is 11.0. The van der Waals surface area contributed by atoms with Crippen molar-refractivity contribution in [3.8, 4) is 0 Å². The molecule has 1 fully saturated rings. The van der Waals surface area contributed by atoms with E-state index in [0.29, 0.717) is 12.8 Å². The Labute approximate surface area is 115 Å². The lowest BCUT2D eigenvalue weighted by atomic mass is 9.86. The topological polar surface area (TPSA) is 37.3 Å². The normalized spacial score (nSPS) is 19.4. The van der Waals surface area contributed by atoms with Crippen molar-refractivity contribution in [1.29, 1.82) is 0 Å². The minimum Gasteiger partial charge on any atom is -0.382 e. The number of rotatable bonds is 2. The van der Waals surface area contributed by atoms with E-state index in [0.717, 1.165) is 37.8 Å². The first kappa shape index (κ1) is 15.0. The maximum absolute atomic E-state index is 12.7. The maximum Gasteiger partial charge on any atom is 0.416 e. The lowest BCUT2D eigenvalue weighted by Gasteiger charge is -2.25. The van der Waals surface area contributed by atoms with Crippen LogP contribution in [0.1, 0.15) is 54.4 Å². The number of Topliss-reactive ketones (excluding diaryl/α,β-unsaturated/α-hetero) is 1. The van der Waals surface area contributed by atoms with E-state index < -0.39 is 23.1 Å². The predicted molar refractivity (Wildman–Crippen MR) is 68.4 cm³/mol. The molecule has 0 aromatic heterocycles. The molecule has 0 spiro atoms. The Bertz CT molecular complexity index is 486. The van der Waals surface area contributed by atoms with Crippen LogP contribution in [-0.4, -0.2) is 16.5 Å². The minimum atomic E-state index is -4.48. The van der Waals surface area contributed by atoms with Gasteiger partial charge in [-0.2, -0.15) is 13.2 Å². The maximum atomic E-state index is 12.7. The number of aliphatic hydroxyl groups is 1. The molecule has 1 N–H and O–H groups in total. The van der Waals surface area contributed by atoms with E-state index in [2.05, 4.69) is 0 Å². The molecule has 1 aliphatic carbocycles. The van der Waals surface area contributed by atoms with Crippen LogP contribution in [0.4, 0.5) is 13.2 Å². The molecule has 5 heteroatoms. The molecule has 0 heterocycles. The molecule has 0 amide bonds. The van der Waals surface area contributed by atoms with Gasteiger partial charge in [-0.1, -0.05) is 37.8 Å². The molecule has 2 nitrogen and oxygen atoms in total. The third-order valence-electron chi connectivity index (χ3n) is 3.81. The molecule has 0 unspecified atom stereocenters. The molecule has 1 aromatic carbocycles. The average molecular weight is 286 g/mol. The van der Waals surface area contributed by atoms with Crippen LogP contribution < -0.4 is 0 Å². The van der Waals surface area contributed by atoms with Crippen LogP contribution in [0.5, 0.6) is 0 Å². The summed E-state index contributed by atoms with van der Waals surface area (Å²) in [6.45, 7) is 0. The monoisotopic (exact) mass is 286 g/mol. The fraction of sp³-hybridized carbons (Fsp3) is 0.533. The van der Waals surface area contributed by atoms with E-state index in [9.17, 15) is 23.1 Å². The van der Waals surface area contributed by atoms with Crippen LogP contribution in [0.25, 0.3) is 0 Å².